The second kappa shape index (κ2) is 10.4. The van der Waals surface area contributed by atoms with Crippen LogP contribution in [0.3, 0.4) is 0 Å². The average molecular weight is 611 g/mol. The van der Waals surface area contributed by atoms with E-state index in [1.165, 1.54) is 66.4 Å². The molecular weight excluding hydrogens is 581 g/mol. The Balaban J connectivity index is 1.25. The van der Waals surface area contributed by atoms with Crippen LogP contribution in [0, 0.1) is 0 Å². The molecule has 1 nitrogen and oxygen atoms in total. The number of benzene rings is 8. The van der Waals surface area contributed by atoms with E-state index in [9.17, 15) is 0 Å². The van der Waals surface area contributed by atoms with E-state index < -0.39 is 5.41 Å². The molecule has 48 heavy (non-hydrogen) atoms. The summed E-state index contributed by atoms with van der Waals surface area (Å²) in [5.41, 5.74) is 14.0. The van der Waals surface area contributed by atoms with Crippen molar-refractivity contribution in [1.29, 1.82) is 0 Å². The first-order valence-corrected chi connectivity index (χ1v) is 16.6. The number of hydrogen-bond donors (Lipinski definition) is 0. The zero-order valence-corrected chi connectivity index (χ0v) is 26.2. The topological polar surface area (TPSA) is 13.1 Å². The third-order valence-electron chi connectivity index (χ3n) is 10.3. The van der Waals surface area contributed by atoms with Crippen LogP contribution in [-0.4, -0.2) is 0 Å². The maximum absolute atomic E-state index is 6.14. The molecule has 1 aliphatic carbocycles. The van der Waals surface area contributed by atoms with Gasteiger partial charge < -0.3 is 4.42 Å². The molecule has 224 valence electrons. The first-order valence-electron chi connectivity index (χ1n) is 16.6. The van der Waals surface area contributed by atoms with E-state index in [4.69, 9.17) is 4.42 Å². The number of fused-ring (bicyclic) bond motifs is 8. The molecule has 9 aromatic rings. The van der Waals surface area contributed by atoms with Crippen molar-refractivity contribution in [2.45, 2.75) is 5.41 Å². The summed E-state index contributed by atoms with van der Waals surface area (Å²) in [6.45, 7) is 0. The molecule has 0 radical (unpaired) electrons. The number of rotatable bonds is 4. The second-order valence-electron chi connectivity index (χ2n) is 12.8. The molecule has 1 heteroatoms. The lowest BCUT2D eigenvalue weighted by atomic mass is 9.66. The zero-order chi connectivity index (χ0) is 31.7. The van der Waals surface area contributed by atoms with E-state index in [-0.39, 0.29) is 0 Å². The predicted octanol–water partition coefficient (Wildman–Crippen LogP) is 12.4. The molecule has 8 aromatic carbocycles. The highest BCUT2D eigenvalue weighted by Crippen LogP contribution is 2.58. The summed E-state index contributed by atoms with van der Waals surface area (Å²) < 4.78 is 6.14. The highest BCUT2D eigenvalue weighted by molar-refractivity contribution is 6.07. The Labute approximate surface area is 279 Å². The monoisotopic (exact) mass is 610 g/mol. The van der Waals surface area contributed by atoms with Crippen LogP contribution in [0.2, 0.25) is 0 Å². The van der Waals surface area contributed by atoms with E-state index in [1.54, 1.807) is 0 Å². The van der Waals surface area contributed by atoms with Crippen LogP contribution >= 0.6 is 0 Å². The Morgan fingerprint density at radius 2 is 0.938 bits per heavy atom. The van der Waals surface area contributed by atoms with Crippen LogP contribution in [0.1, 0.15) is 22.3 Å². The maximum Gasteiger partial charge on any atom is 0.135 e. The van der Waals surface area contributed by atoms with Crippen LogP contribution in [0.25, 0.3) is 66.1 Å². The van der Waals surface area contributed by atoms with Crippen molar-refractivity contribution in [3.63, 3.8) is 0 Å². The molecule has 0 aliphatic heterocycles. The van der Waals surface area contributed by atoms with E-state index in [2.05, 4.69) is 170 Å². The average Bonchev–Trinajstić information content (AvgIpc) is 3.69. The standard InChI is InChI=1S/C47H30O/c1-4-12-31(13-5-1)34-21-25-39-41-26-22-35-28-32(33-23-27-45-42(29-33)40-18-10-11-19-44(40)48-45)20-24-38(35)46(41)47(43(39)30-34,36-14-6-2-7-15-36)37-16-8-3-9-17-37/h1-30H. The predicted molar refractivity (Wildman–Crippen MR) is 199 cm³/mol. The van der Waals surface area contributed by atoms with E-state index in [1.807, 2.05) is 12.1 Å². The van der Waals surface area contributed by atoms with Crippen LogP contribution in [0.4, 0.5) is 0 Å². The third kappa shape index (κ3) is 3.85. The van der Waals surface area contributed by atoms with Crippen molar-refractivity contribution in [1.82, 2.24) is 0 Å². The highest BCUT2D eigenvalue weighted by Gasteiger charge is 2.47. The Kier molecular flexibility index (Phi) is 5.86. The van der Waals surface area contributed by atoms with Crippen LogP contribution in [0.5, 0.6) is 0 Å². The van der Waals surface area contributed by atoms with E-state index in [0.717, 1.165) is 21.9 Å². The van der Waals surface area contributed by atoms with Gasteiger partial charge in [0.25, 0.3) is 0 Å². The largest absolute Gasteiger partial charge is 0.456 e. The number of para-hydroxylation sites is 1. The Morgan fingerprint density at radius 3 is 1.71 bits per heavy atom. The SMILES string of the molecule is c1ccc(-c2ccc3c(c2)C(c2ccccc2)(c2ccccc2)c2c-3ccc3cc(-c4ccc5oc6ccccc6c5c4)ccc23)cc1. The van der Waals surface area contributed by atoms with Gasteiger partial charge in [0.2, 0.25) is 0 Å². The van der Waals surface area contributed by atoms with Crippen molar-refractivity contribution < 1.29 is 4.42 Å². The van der Waals surface area contributed by atoms with Crippen LogP contribution in [-0.2, 0) is 5.41 Å². The summed E-state index contributed by atoms with van der Waals surface area (Å²) in [4.78, 5) is 0. The zero-order valence-electron chi connectivity index (χ0n) is 26.2. The van der Waals surface area contributed by atoms with Gasteiger partial charge in [0.05, 0.1) is 5.41 Å². The maximum atomic E-state index is 6.14. The molecule has 1 aliphatic rings. The molecule has 0 saturated carbocycles. The van der Waals surface area contributed by atoms with Crippen LogP contribution in [0.15, 0.2) is 186 Å². The van der Waals surface area contributed by atoms with Gasteiger partial charge in [-0.15, -0.1) is 0 Å². The summed E-state index contributed by atoms with van der Waals surface area (Å²) >= 11 is 0. The minimum Gasteiger partial charge on any atom is -0.456 e. The Morgan fingerprint density at radius 1 is 0.354 bits per heavy atom. The van der Waals surface area contributed by atoms with Crippen molar-refractivity contribution in [3.8, 4) is 33.4 Å². The van der Waals surface area contributed by atoms with Crippen molar-refractivity contribution in [2.75, 3.05) is 0 Å². The molecule has 1 aromatic heterocycles. The van der Waals surface area contributed by atoms with Crippen molar-refractivity contribution in [2.24, 2.45) is 0 Å². The Hall–Kier alpha value is -6.18. The van der Waals surface area contributed by atoms with Crippen molar-refractivity contribution >= 4 is 32.7 Å². The molecule has 10 rings (SSSR count). The molecule has 0 fully saturated rings. The first-order chi connectivity index (χ1) is 23.8. The van der Waals surface area contributed by atoms with Gasteiger partial charge in [0.15, 0.2) is 0 Å². The number of furan rings is 1. The normalized spacial score (nSPS) is 13.2. The fourth-order valence-electron chi connectivity index (χ4n) is 8.22. The molecule has 0 unspecified atom stereocenters. The fraction of sp³-hybridized carbons (Fsp3) is 0.0213. The van der Waals surface area contributed by atoms with Gasteiger partial charge in [-0.1, -0.05) is 152 Å². The summed E-state index contributed by atoms with van der Waals surface area (Å²) in [6.07, 6.45) is 0. The Bertz CT molecular complexity index is 2610. The molecule has 0 N–H and O–H groups in total. The first kappa shape index (κ1) is 27.0. The minimum atomic E-state index is -0.492. The lowest BCUT2D eigenvalue weighted by Gasteiger charge is -2.35. The smallest absolute Gasteiger partial charge is 0.135 e. The lowest BCUT2D eigenvalue weighted by molar-refractivity contribution is 0.669. The molecule has 0 saturated heterocycles. The summed E-state index contributed by atoms with van der Waals surface area (Å²) in [5, 5.41) is 4.80. The fourth-order valence-corrected chi connectivity index (χ4v) is 8.22. The number of hydrogen-bond acceptors (Lipinski definition) is 1. The highest BCUT2D eigenvalue weighted by atomic mass is 16.3. The molecule has 0 bridgehead atoms. The quantitative estimate of drug-likeness (QED) is 0.193. The third-order valence-corrected chi connectivity index (χ3v) is 10.3. The lowest BCUT2D eigenvalue weighted by Crippen LogP contribution is -2.28. The molecule has 0 spiro atoms. The van der Waals surface area contributed by atoms with Crippen molar-refractivity contribution in [3.05, 3.63) is 204 Å². The molecule has 1 heterocycles. The van der Waals surface area contributed by atoms with E-state index >= 15 is 0 Å². The summed E-state index contributed by atoms with van der Waals surface area (Å²) in [5.74, 6) is 0. The second-order valence-corrected chi connectivity index (χ2v) is 12.8. The molecular formula is C47H30O. The van der Waals surface area contributed by atoms with Gasteiger partial charge in [-0.3, -0.25) is 0 Å². The van der Waals surface area contributed by atoms with Crippen LogP contribution < -0.4 is 0 Å². The minimum absolute atomic E-state index is 0.492. The van der Waals surface area contributed by atoms with Gasteiger partial charge in [-0.05, 0) is 96.7 Å². The van der Waals surface area contributed by atoms with Gasteiger partial charge in [-0.2, -0.15) is 0 Å². The van der Waals surface area contributed by atoms with Gasteiger partial charge in [0, 0.05) is 10.8 Å². The molecule has 0 amide bonds. The summed E-state index contributed by atoms with van der Waals surface area (Å²) in [7, 11) is 0. The van der Waals surface area contributed by atoms with Gasteiger partial charge in [-0.25, -0.2) is 0 Å². The van der Waals surface area contributed by atoms with Gasteiger partial charge >= 0.3 is 0 Å². The van der Waals surface area contributed by atoms with Gasteiger partial charge in [0.1, 0.15) is 11.2 Å². The summed E-state index contributed by atoms with van der Waals surface area (Å²) in [6, 6.07) is 66.5. The van der Waals surface area contributed by atoms with E-state index in [0.29, 0.717) is 0 Å². The molecule has 0 atom stereocenters.